The van der Waals surface area contributed by atoms with Crippen LogP contribution >= 0.6 is 0 Å². The van der Waals surface area contributed by atoms with Gasteiger partial charge in [-0.05, 0) is 12.3 Å². The maximum atomic E-state index is 11.7. The SMILES string of the molecule is CC(C)C[C@H](NC(=O)NCCc1ncnn1C)C(N)=O. The Morgan fingerprint density at radius 1 is 1.45 bits per heavy atom. The summed E-state index contributed by atoms with van der Waals surface area (Å²) in [5.41, 5.74) is 5.26. The minimum absolute atomic E-state index is 0.270. The number of primary amides is 1. The quantitative estimate of drug-likeness (QED) is 0.628. The molecule has 1 rings (SSSR count). The number of carbonyl (C=O) groups excluding carboxylic acids is 2. The Balaban J connectivity index is 2.35. The lowest BCUT2D eigenvalue weighted by Gasteiger charge is -2.17. The highest BCUT2D eigenvalue weighted by atomic mass is 16.2. The molecule has 0 radical (unpaired) electrons. The second-order valence-corrected chi connectivity index (χ2v) is 5.03. The molecule has 0 fully saturated rings. The fourth-order valence-corrected chi connectivity index (χ4v) is 1.76. The maximum Gasteiger partial charge on any atom is 0.315 e. The van der Waals surface area contributed by atoms with E-state index in [-0.39, 0.29) is 5.92 Å². The molecule has 0 bridgehead atoms. The molecule has 112 valence electrons. The highest BCUT2D eigenvalue weighted by molar-refractivity contribution is 5.85. The number of carbonyl (C=O) groups is 2. The van der Waals surface area contributed by atoms with Gasteiger partial charge in [0.2, 0.25) is 5.91 Å². The smallest absolute Gasteiger partial charge is 0.315 e. The van der Waals surface area contributed by atoms with Crippen LogP contribution in [-0.2, 0) is 18.3 Å². The molecular weight excluding hydrogens is 260 g/mol. The summed E-state index contributed by atoms with van der Waals surface area (Å²) >= 11 is 0. The second kappa shape index (κ2) is 7.46. The van der Waals surface area contributed by atoms with Crippen molar-refractivity contribution in [3.8, 4) is 0 Å². The predicted octanol–water partition coefficient (Wildman–Crippen LogP) is -0.443. The lowest BCUT2D eigenvalue weighted by molar-refractivity contribution is -0.120. The number of hydrogen-bond acceptors (Lipinski definition) is 4. The largest absolute Gasteiger partial charge is 0.368 e. The van der Waals surface area contributed by atoms with E-state index in [1.165, 1.54) is 6.33 Å². The molecule has 0 aliphatic carbocycles. The molecular formula is C12H22N6O2. The van der Waals surface area contributed by atoms with E-state index < -0.39 is 18.0 Å². The van der Waals surface area contributed by atoms with Crippen molar-refractivity contribution in [3.05, 3.63) is 12.2 Å². The average molecular weight is 282 g/mol. The zero-order valence-electron chi connectivity index (χ0n) is 12.1. The van der Waals surface area contributed by atoms with Gasteiger partial charge in [-0.1, -0.05) is 13.8 Å². The summed E-state index contributed by atoms with van der Waals surface area (Å²) in [7, 11) is 1.79. The zero-order valence-corrected chi connectivity index (χ0v) is 12.1. The van der Waals surface area contributed by atoms with Crippen molar-refractivity contribution in [2.45, 2.75) is 32.7 Å². The molecule has 4 N–H and O–H groups in total. The zero-order chi connectivity index (χ0) is 15.1. The van der Waals surface area contributed by atoms with Crippen molar-refractivity contribution >= 4 is 11.9 Å². The Bertz CT molecular complexity index is 457. The van der Waals surface area contributed by atoms with Crippen molar-refractivity contribution in [2.24, 2.45) is 18.7 Å². The topological polar surface area (TPSA) is 115 Å². The van der Waals surface area contributed by atoms with E-state index in [2.05, 4.69) is 20.7 Å². The number of aromatic nitrogens is 3. The van der Waals surface area contributed by atoms with Crippen molar-refractivity contribution in [1.82, 2.24) is 25.4 Å². The van der Waals surface area contributed by atoms with Crippen LogP contribution in [0.1, 0.15) is 26.1 Å². The minimum Gasteiger partial charge on any atom is -0.368 e. The first-order valence-corrected chi connectivity index (χ1v) is 6.56. The van der Waals surface area contributed by atoms with E-state index in [0.717, 1.165) is 5.82 Å². The van der Waals surface area contributed by atoms with Crippen molar-refractivity contribution in [1.29, 1.82) is 0 Å². The van der Waals surface area contributed by atoms with Crippen LogP contribution in [0.2, 0.25) is 0 Å². The molecule has 1 aromatic heterocycles. The summed E-state index contributed by atoms with van der Waals surface area (Å²) in [6, 6.07) is -1.05. The van der Waals surface area contributed by atoms with Gasteiger partial charge in [0.05, 0.1) is 0 Å². The van der Waals surface area contributed by atoms with Gasteiger partial charge in [-0.3, -0.25) is 9.48 Å². The number of hydrogen-bond donors (Lipinski definition) is 3. The molecule has 0 saturated carbocycles. The van der Waals surface area contributed by atoms with Gasteiger partial charge in [-0.2, -0.15) is 5.10 Å². The number of nitrogens with zero attached hydrogens (tertiary/aromatic N) is 3. The molecule has 0 spiro atoms. The summed E-state index contributed by atoms with van der Waals surface area (Å²) in [6.07, 6.45) is 2.54. The number of nitrogens with one attached hydrogen (secondary N) is 2. The Labute approximate surface area is 118 Å². The van der Waals surface area contributed by atoms with Gasteiger partial charge in [0.15, 0.2) is 0 Å². The highest BCUT2D eigenvalue weighted by Gasteiger charge is 2.18. The molecule has 3 amide bonds. The molecule has 0 aliphatic rings. The molecule has 1 aromatic rings. The first-order chi connectivity index (χ1) is 9.40. The molecule has 0 aromatic carbocycles. The summed E-state index contributed by atoms with van der Waals surface area (Å²) in [6.45, 7) is 4.33. The van der Waals surface area contributed by atoms with Crippen LogP contribution in [0.25, 0.3) is 0 Å². The number of aryl methyl sites for hydroxylation is 1. The molecule has 0 saturated heterocycles. The van der Waals surface area contributed by atoms with Crippen LogP contribution in [0, 0.1) is 5.92 Å². The molecule has 0 aliphatic heterocycles. The third kappa shape index (κ3) is 5.25. The molecule has 0 unspecified atom stereocenters. The standard InChI is InChI=1S/C12H22N6O2/c1-8(2)6-9(11(13)19)17-12(20)14-5-4-10-15-7-16-18(10)3/h7-9H,4-6H2,1-3H3,(H2,13,19)(H2,14,17,20)/t9-/m0/s1. The van der Waals surface area contributed by atoms with E-state index >= 15 is 0 Å². The second-order valence-electron chi connectivity index (χ2n) is 5.03. The van der Waals surface area contributed by atoms with Crippen LogP contribution in [0.3, 0.4) is 0 Å². The van der Waals surface area contributed by atoms with E-state index in [1.807, 2.05) is 13.8 Å². The van der Waals surface area contributed by atoms with Gasteiger partial charge in [0.1, 0.15) is 18.2 Å². The lowest BCUT2D eigenvalue weighted by Crippen LogP contribution is -2.49. The van der Waals surface area contributed by atoms with Gasteiger partial charge in [0.25, 0.3) is 0 Å². The lowest BCUT2D eigenvalue weighted by atomic mass is 10.0. The van der Waals surface area contributed by atoms with E-state index in [1.54, 1.807) is 11.7 Å². The van der Waals surface area contributed by atoms with Gasteiger partial charge < -0.3 is 16.4 Å². The van der Waals surface area contributed by atoms with Crippen LogP contribution in [0.5, 0.6) is 0 Å². The van der Waals surface area contributed by atoms with E-state index in [0.29, 0.717) is 19.4 Å². The summed E-state index contributed by atoms with van der Waals surface area (Å²) < 4.78 is 1.64. The third-order valence-electron chi connectivity index (χ3n) is 2.80. The number of urea groups is 1. The molecule has 1 atom stereocenters. The van der Waals surface area contributed by atoms with E-state index in [4.69, 9.17) is 5.73 Å². The van der Waals surface area contributed by atoms with Gasteiger partial charge >= 0.3 is 6.03 Å². The fourth-order valence-electron chi connectivity index (χ4n) is 1.76. The average Bonchev–Trinajstić information content (AvgIpc) is 2.73. The highest BCUT2D eigenvalue weighted by Crippen LogP contribution is 2.04. The Kier molecular flexibility index (Phi) is 5.95. The summed E-state index contributed by atoms with van der Waals surface area (Å²) in [5.74, 6) is 0.521. The molecule has 20 heavy (non-hydrogen) atoms. The molecule has 8 heteroatoms. The first kappa shape index (κ1) is 15.9. The molecule has 8 nitrogen and oxygen atoms in total. The summed E-state index contributed by atoms with van der Waals surface area (Å²) in [4.78, 5) is 27.0. The Morgan fingerprint density at radius 2 is 2.15 bits per heavy atom. The first-order valence-electron chi connectivity index (χ1n) is 6.56. The maximum absolute atomic E-state index is 11.7. The van der Waals surface area contributed by atoms with Crippen molar-refractivity contribution in [3.63, 3.8) is 0 Å². The monoisotopic (exact) mass is 282 g/mol. The van der Waals surface area contributed by atoms with E-state index in [9.17, 15) is 9.59 Å². The van der Waals surface area contributed by atoms with Crippen LogP contribution in [-0.4, -0.2) is 39.3 Å². The third-order valence-corrected chi connectivity index (χ3v) is 2.80. The van der Waals surface area contributed by atoms with Gasteiger partial charge in [-0.25, -0.2) is 9.78 Å². The van der Waals surface area contributed by atoms with Crippen LogP contribution in [0.4, 0.5) is 4.79 Å². The van der Waals surface area contributed by atoms with Gasteiger partial charge in [-0.15, -0.1) is 0 Å². The van der Waals surface area contributed by atoms with Crippen LogP contribution < -0.4 is 16.4 Å². The predicted molar refractivity (Wildman–Crippen MR) is 73.7 cm³/mol. The Hall–Kier alpha value is -2.12. The van der Waals surface area contributed by atoms with Crippen molar-refractivity contribution in [2.75, 3.05) is 6.54 Å². The fraction of sp³-hybridized carbons (Fsp3) is 0.667. The molecule has 1 heterocycles. The normalized spacial score (nSPS) is 12.2. The van der Waals surface area contributed by atoms with Crippen molar-refractivity contribution < 1.29 is 9.59 Å². The Morgan fingerprint density at radius 3 is 2.65 bits per heavy atom. The summed E-state index contributed by atoms with van der Waals surface area (Å²) in [5, 5.41) is 9.18. The number of nitrogens with two attached hydrogens (primary N) is 1. The minimum atomic E-state index is -0.648. The number of amides is 3. The number of rotatable bonds is 7. The van der Waals surface area contributed by atoms with Crippen LogP contribution in [0.15, 0.2) is 6.33 Å². The van der Waals surface area contributed by atoms with Gasteiger partial charge in [0, 0.05) is 20.0 Å².